The fourth-order valence-electron chi connectivity index (χ4n) is 3.95. The Kier molecular flexibility index (Phi) is 6.82. The van der Waals surface area contributed by atoms with Gasteiger partial charge in [-0.25, -0.2) is 4.98 Å². The highest BCUT2D eigenvalue weighted by atomic mass is 16.5. The van der Waals surface area contributed by atoms with E-state index in [1.165, 1.54) is 5.56 Å². The fraction of sp³-hybridized carbons (Fsp3) is 0.375. The molecule has 0 bridgehead atoms. The van der Waals surface area contributed by atoms with Gasteiger partial charge in [0.05, 0.1) is 31.5 Å². The third kappa shape index (κ3) is 5.52. The van der Waals surface area contributed by atoms with Crippen LogP contribution in [0.4, 0.5) is 5.82 Å². The number of rotatable bonds is 7. The number of ether oxygens (including phenoxy) is 1. The van der Waals surface area contributed by atoms with Crippen molar-refractivity contribution >= 4 is 11.7 Å². The van der Waals surface area contributed by atoms with Gasteiger partial charge in [0, 0.05) is 38.1 Å². The Morgan fingerprint density at radius 1 is 1.12 bits per heavy atom. The van der Waals surface area contributed by atoms with Gasteiger partial charge in [-0.05, 0) is 42.2 Å². The number of morpholine rings is 1. The number of aryl methyl sites for hydroxylation is 2. The lowest BCUT2D eigenvalue weighted by molar-refractivity contribution is 0.0342. The number of aromatic nitrogens is 3. The molecule has 8 heteroatoms. The van der Waals surface area contributed by atoms with Gasteiger partial charge in [0.25, 0.3) is 5.91 Å². The number of benzene rings is 1. The van der Waals surface area contributed by atoms with Crippen molar-refractivity contribution in [3.05, 3.63) is 76.2 Å². The molecule has 0 spiro atoms. The van der Waals surface area contributed by atoms with E-state index in [9.17, 15) is 4.79 Å². The number of nitrogens with two attached hydrogens (primary N) is 1. The van der Waals surface area contributed by atoms with E-state index in [2.05, 4.69) is 44.6 Å². The number of nitrogens with one attached hydrogen (secondary N) is 1. The molecule has 168 valence electrons. The number of anilines is 1. The number of pyridine rings is 1. The largest absolute Gasteiger partial charge is 0.384 e. The van der Waals surface area contributed by atoms with Crippen LogP contribution in [0.25, 0.3) is 0 Å². The smallest absolute Gasteiger partial charge is 0.254 e. The second-order valence-corrected chi connectivity index (χ2v) is 8.24. The van der Waals surface area contributed by atoms with Crippen molar-refractivity contribution in [2.24, 2.45) is 0 Å². The molecule has 3 heterocycles. The predicted octanol–water partition coefficient (Wildman–Crippen LogP) is 2.29. The molecule has 0 radical (unpaired) electrons. The van der Waals surface area contributed by atoms with Crippen molar-refractivity contribution in [1.82, 2.24) is 25.0 Å². The van der Waals surface area contributed by atoms with Crippen molar-refractivity contribution in [1.29, 1.82) is 0 Å². The minimum Gasteiger partial charge on any atom is -0.384 e. The van der Waals surface area contributed by atoms with Crippen LogP contribution in [-0.4, -0.2) is 51.9 Å². The van der Waals surface area contributed by atoms with E-state index in [1.54, 1.807) is 17.1 Å². The zero-order chi connectivity index (χ0) is 22.5. The molecule has 3 N–H and O–H groups in total. The minimum atomic E-state index is -0.160. The average Bonchev–Trinajstić information content (AvgIpc) is 3.23. The SMILES string of the molecule is Cc1cc(N)nc(C)c1CNC(=O)c1cnn(Cc2ccc(CN3CCOCC3)cc2)c1. The summed E-state index contributed by atoms with van der Waals surface area (Å²) in [7, 11) is 0. The van der Waals surface area contributed by atoms with Gasteiger partial charge in [0.2, 0.25) is 0 Å². The lowest BCUT2D eigenvalue weighted by atomic mass is 10.1. The summed E-state index contributed by atoms with van der Waals surface area (Å²) in [6, 6.07) is 10.4. The van der Waals surface area contributed by atoms with Crippen molar-refractivity contribution in [2.75, 3.05) is 32.0 Å². The molecule has 32 heavy (non-hydrogen) atoms. The molecule has 1 aliphatic heterocycles. The number of nitrogen functional groups attached to an aromatic ring is 1. The lowest BCUT2D eigenvalue weighted by Crippen LogP contribution is -2.35. The van der Waals surface area contributed by atoms with Crippen LogP contribution >= 0.6 is 0 Å². The summed E-state index contributed by atoms with van der Waals surface area (Å²) in [6.45, 7) is 9.41. The Hall–Kier alpha value is -3.23. The van der Waals surface area contributed by atoms with Crippen LogP contribution in [0.2, 0.25) is 0 Å². The molecule has 1 fully saturated rings. The lowest BCUT2D eigenvalue weighted by Gasteiger charge is -2.26. The number of hydrogen-bond acceptors (Lipinski definition) is 6. The normalized spacial score (nSPS) is 14.4. The summed E-state index contributed by atoms with van der Waals surface area (Å²) in [4.78, 5) is 19.3. The van der Waals surface area contributed by atoms with Crippen molar-refractivity contribution in [3.63, 3.8) is 0 Å². The first-order chi connectivity index (χ1) is 15.5. The molecule has 3 aromatic rings. The van der Waals surface area contributed by atoms with Gasteiger partial charge in [-0.2, -0.15) is 5.10 Å². The molecule has 0 atom stereocenters. The molecule has 1 amide bonds. The summed E-state index contributed by atoms with van der Waals surface area (Å²) < 4.78 is 7.19. The van der Waals surface area contributed by atoms with Gasteiger partial charge in [-0.3, -0.25) is 14.4 Å². The maximum Gasteiger partial charge on any atom is 0.254 e. The van der Waals surface area contributed by atoms with E-state index in [0.717, 1.165) is 55.2 Å². The second kappa shape index (κ2) is 9.93. The highest BCUT2D eigenvalue weighted by Crippen LogP contribution is 2.15. The third-order valence-electron chi connectivity index (χ3n) is 5.77. The number of amides is 1. The van der Waals surface area contributed by atoms with Crippen LogP contribution in [0.5, 0.6) is 0 Å². The Balaban J connectivity index is 1.32. The molecular formula is C24H30N6O2. The molecular weight excluding hydrogens is 404 g/mol. The first-order valence-corrected chi connectivity index (χ1v) is 10.9. The quantitative estimate of drug-likeness (QED) is 0.592. The first-order valence-electron chi connectivity index (χ1n) is 10.9. The van der Waals surface area contributed by atoms with E-state index in [1.807, 2.05) is 19.9 Å². The summed E-state index contributed by atoms with van der Waals surface area (Å²) in [5, 5.41) is 7.31. The molecule has 1 aliphatic rings. The molecule has 8 nitrogen and oxygen atoms in total. The van der Waals surface area contributed by atoms with E-state index in [0.29, 0.717) is 24.5 Å². The zero-order valence-corrected chi connectivity index (χ0v) is 18.7. The van der Waals surface area contributed by atoms with Gasteiger partial charge in [-0.1, -0.05) is 24.3 Å². The average molecular weight is 435 g/mol. The van der Waals surface area contributed by atoms with Gasteiger partial charge < -0.3 is 15.8 Å². The van der Waals surface area contributed by atoms with E-state index >= 15 is 0 Å². The van der Waals surface area contributed by atoms with Gasteiger partial charge in [-0.15, -0.1) is 0 Å². The molecule has 0 unspecified atom stereocenters. The molecule has 0 saturated carbocycles. The van der Waals surface area contributed by atoms with Gasteiger partial charge in [0.1, 0.15) is 5.82 Å². The van der Waals surface area contributed by atoms with Gasteiger partial charge in [0.15, 0.2) is 0 Å². The monoisotopic (exact) mass is 434 g/mol. The van der Waals surface area contributed by atoms with Gasteiger partial charge >= 0.3 is 0 Å². The molecule has 1 saturated heterocycles. The Morgan fingerprint density at radius 2 is 1.81 bits per heavy atom. The van der Waals surface area contributed by atoms with Crippen LogP contribution in [0.1, 0.15) is 38.3 Å². The number of carbonyl (C=O) groups is 1. The summed E-state index contributed by atoms with van der Waals surface area (Å²) >= 11 is 0. The Morgan fingerprint density at radius 3 is 2.50 bits per heavy atom. The third-order valence-corrected chi connectivity index (χ3v) is 5.77. The van der Waals surface area contributed by atoms with E-state index in [4.69, 9.17) is 10.5 Å². The van der Waals surface area contributed by atoms with Crippen LogP contribution in [0, 0.1) is 13.8 Å². The summed E-state index contributed by atoms with van der Waals surface area (Å²) in [5.41, 5.74) is 11.6. The highest BCUT2D eigenvalue weighted by molar-refractivity contribution is 5.93. The summed E-state index contributed by atoms with van der Waals surface area (Å²) in [6.07, 6.45) is 3.38. The maximum atomic E-state index is 12.6. The Bertz CT molecular complexity index is 1050. The van der Waals surface area contributed by atoms with Crippen LogP contribution < -0.4 is 11.1 Å². The molecule has 4 rings (SSSR count). The van der Waals surface area contributed by atoms with E-state index in [-0.39, 0.29) is 5.91 Å². The number of carbonyl (C=O) groups excluding carboxylic acids is 1. The molecule has 0 aliphatic carbocycles. The number of nitrogens with zero attached hydrogens (tertiary/aromatic N) is 4. The van der Waals surface area contributed by atoms with Crippen LogP contribution in [0.3, 0.4) is 0 Å². The topological polar surface area (TPSA) is 98.3 Å². The van der Waals surface area contributed by atoms with Crippen LogP contribution in [0.15, 0.2) is 42.7 Å². The van der Waals surface area contributed by atoms with Crippen molar-refractivity contribution in [2.45, 2.75) is 33.5 Å². The van der Waals surface area contributed by atoms with Crippen LogP contribution in [-0.2, 0) is 24.4 Å². The zero-order valence-electron chi connectivity index (χ0n) is 18.7. The highest BCUT2D eigenvalue weighted by Gasteiger charge is 2.13. The van der Waals surface area contributed by atoms with Crippen molar-refractivity contribution in [3.8, 4) is 0 Å². The fourth-order valence-corrected chi connectivity index (χ4v) is 3.95. The predicted molar refractivity (Wildman–Crippen MR) is 123 cm³/mol. The summed E-state index contributed by atoms with van der Waals surface area (Å²) in [5.74, 6) is 0.332. The molecule has 2 aromatic heterocycles. The van der Waals surface area contributed by atoms with E-state index < -0.39 is 0 Å². The van der Waals surface area contributed by atoms with Crippen molar-refractivity contribution < 1.29 is 9.53 Å². The maximum absolute atomic E-state index is 12.6. The standard InChI is InChI=1S/C24H30N6O2/c1-17-11-23(25)28-18(2)22(17)13-26-24(31)21-12-27-30(16-21)15-20-5-3-19(4-6-20)14-29-7-9-32-10-8-29/h3-6,11-12,16H,7-10,13-15H2,1-2H3,(H2,25,28)(H,26,31). The Labute approximate surface area is 188 Å². The number of hydrogen-bond donors (Lipinski definition) is 2. The first kappa shape index (κ1) is 22.0. The second-order valence-electron chi connectivity index (χ2n) is 8.24. The minimum absolute atomic E-state index is 0.160. The molecule has 1 aromatic carbocycles.